The number of carbonyl (C=O) groups is 1. The van der Waals surface area contributed by atoms with Gasteiger partial charge in [0.2, 0.25) is 5.91 Å². The lowest BCUT2D eigenvalue weighted by Gasteiger charge is -2.17. The molecule has 1 heterocycles. The van der Waals surface area contributed by atoms with Crippen molar-refractivity contribution in [2.75, 3.05) is 23.3 Å². The Morgan fingerprint density at radius 1 is 1.00 bits per heavy atom. The molecule has 0 atom stereocenters. The summed E-state index contributed by atoms with van der Waals surface area (Å²) in [6.07, 6.45) is 2.88. The molecule has 1 fully saturated rings. The number of rotatable bonds is 4. The van der Waals surface area contributed by atoms with Gasteiger partial charge in [-0.1, -0.05) is 23.7 Å². The van der Waals surface area contributed by atoms with Crippen molar-refractivity contribution in [2.24, 2.45) is 0 Å². The van der Waals surface area contributed by atoms with Gasteiger partial charge in [-0.2, -0.15) is 0 Å². The van der Waals surface area contributed by atoms with Crippen molar-refractivity contribution in [3.8, 4) is 0 Å². The van der Waals surface area contributed by atoms with Crippen LogP contribution in [0.4, 0.5) is 11.4 Å². The Morgan fingerprint density at radius 3 is 2.27 bits per heavy atom. The van der Waals surface area contributed by atoms with Crippen LogP contribution in [-0.4, -0.2) is 19.0 Å². The maximum atomic E-state index is 12.1. The Labute approximate surface area is 135 Å². The first-order valence-electron chi connectivity index (χ1n) is 7.60. The lowest BCUT2D eigenvalue weighted by molar-refractivity contribution is -0.115. The average Bonchev–Trinajstić information content (AvgIpc) is 3.05. The molecule has 1 N–H and O–H groups in total. The summed E-state index contributed by atoms with van der Waals surface area (Å²) in [6.45, 7) is 2.25. The highest BCUT2D eigenvalue weighted by atomic mass is 35.5. The van der Waals surface area contributed by atoms with Gasteiger partial charge < -0.3 is 10.2 Å². The summed E-state index contributed by atoms with van der Waals surface area (Å²) in [7, 11) is 0. The van der Waals surface area contributed by atoms with Crippen LogP contribution in [0.25, 0.3) is 0 Å². The molecule has 114 valence electrons. The maximum absolute atomic E-state index is 12.1. The molecule has 1 aliphatic rings. The summed E-state index contributed by atoms with van der Waals surface area (Å²) in [4.78, 5) is 14.4. The van der Waals surface area contributed by atoms with Crippen LogP contribution in [0.1, 0.15) is 18.4 Å². The number of nitrogens with one attached hydrogen (secondary N) is 1. The fourth-order valence-electron chi connectivity index (χ4n) is 2.72. The second-order valence-electron chi connectivity index (χ2n) is 5.59. The van der Waals surface area contributed by atoms with Crippen LogP contribution in [0.5, 0.6) is 0 Å². The molecule has 1 aliphatic heterocycles. The van der Waals surface area contributed by atoms with Crippen molar-refractivity contribution in [2.45, 2.75) is 19.3 Å². The molecule has 22 heavy (non-hydrogen) atoms. The van der Waals surface area contributed by atoms with Crippen molar-refractivity contribution in [3.05, 3.63) is 59.1 Å². The number of anilines is 2. The minimum Gasteiger partial charge on any atom is -0.372 e. The van der Waals surface area contributed by atoms with Crippen LogP contribution in [0.15, 0.2) is 48.5 Å². The topological polar surface area (TPSA) is 32.3 Å². The number of benzene rings is 2. The molecule has 0 radical (unpaired) electrons. The molecule has 0 aliphatic carbocycles. The summed E-state index contributed by atoms with van der Waals surface area (Å²) < 4.78 is 0. The molecule has 1 amide bonds. The summed E-state index contributed by atoms with van der Waals surface area (Å²) in [5, 5.41) is 3.61. The van der Waals surface area contributed by atoms with E-state index in [2.05, 4.69) is 22.3 Å². The SMILES string of the molecule is O=C(Cc1ccc(Cl)cc1)Nc1ccc(N2CCCC2)cc1. The highest BCUT2D eigenvalue weighted by Crippen LogP contribution is 2.22. The molecule has 0 spiro atoms. The van der Waals surface area contributed by atoms with E-state index in [1.54, 1.807) is 12.1 Å². The van der Waals surface area contributed by atoms with Crippen LogP contribution in [0.2, 0.25) is 5.02 Å². The first-order valence-corrected chi connectivity index (χ1v) is 7.98. The molecular formula is C18H19ClN2O. The fourth-order valence-corrected chi connectivity index (χ4v) is 2.85. The molecule has 2 aromatic carbocycles. The first-order chi connectivity index (χ1) is 10.7. The van der Waals surface area contributed by atoms with E-state index < -0.39 is 0 Å². The molecule has 3 nitrogen and oxygen atoms in total. The van der Waals surface area contributed by atoms with E-state index >= 15 is 0 Å². The van der Waals surface area contributed by atoms with Crippen LogP contribution in [0, 0.1) is 0 Å². The minimum atomic E-state index is -0.0174. The van der Waals surface area contributed by atoms with Gasteiger partial charge in [-0.25, -0.2) is 0 Å². The van der Waals surface area contributed by atoms with E-state index in [4.69, 9.17) is 11.6 Å². The van der Waals surface area contributed by atoms with Crippen molar-refractivity contribution in [3.63, 3.8) is 0 Å². The van der Waals surface area contributed by atoms with Crippen molar-refractivity contribution in [1.29, 1.82) is 0 Å². The Morgan fingerprint density at radius 2 is 1.64 bits per heavy atom. The zero-order chi connectivity index (χ0) is 15.4. The molecule has 0 unspecified atom stereocenters. The van der Waals surface area contributed by atoms with Crippen molar-refractivity contribution < 1.29 is 4.79 Å². The maximum Gasteiger partial charge on any atom is 0.228 e. The molecule has 1 saturated heterocycles. The predicted octanol–water partition coefficient (Wildman–Crippen LogP) is 4.12. The number of hydrogen-bond donors (Lipinski definition) is 1. The normalized spacial score (nSPS) is 14.1. The summed E-state index contributed by atoms with van der Waals surface area (Å²) >= 11 is 5.84. The fraction of sp³-hybridized carbons (Fsp3) is 0.278. The van der Waals surface area contributed by atoms with Crippen LogP contribution >= 0.6 is 11.6 Å². The zero-order valence-corrected chi connectivity index (χ0v) is 13.1. The van der Waals surface area contributed by atoms with E-state index in [0.29, 0.717) is 11.4 Å². The molecule has 0 aromatic heterocycles. The Hall–Kier alpha value is -2.00. The van der Waals surface area contributed by atoms with Gasteiger partial charge in [-0.15, -0.1) is 0 Å². The van der Waals surface area contributed by atoms with Gasteiger partial charge >= 0.3 is 0 Å². The Kier molecular flexibility index (Phi) is 4.64. The lowest BCUT2D eigenvalue weighted by Crippen LogP contribution is -2.18. The van der Waals surface area contributed by atoms with Gasteiger partial charge in [0.05, 0.1) is 6.42 Å². The number of amides is 1. The number of carbonyl (C=O) groups excluding carboxylic acids is 1. The van der Waals surface area contributed by atoms with Crippen LogP contribution in [-0.2, 0) is 11.2 Å². The van der Waals surface area contributed by atoms with Gasteiger partial charge in [0.15, 0.2) is 0 Å². The van der Waals surface area contributed by atoms with Crippen molar-refractivity contribution in [1.82, 2.24) is 0 Å². The standard InChI is InChI=1S/C18H19ClN2O/c19-15-5-3-14(4-6-15)13-18(22)20-16-7-9-17(10-8-16)21-11-1-2-12-21/h3-10H,1-2,11-13H2,(H,20,22). The zero-order valence-electron chi connectivity index (χ0n) is 12.4. The summed E-state index contributed by atoms with van der Waals surface area (Å²) in [5.74, 6) is -0.0174. The third kappa shape index (κ3) is 3.80. The van der Waals surface area contributed by atoms with Crippen molar-refractivity contribution >= 4 is 28.9 Å². The largest absolute Gasteiger partial charge is 0.372 e. The summed E-state index contributed by atoms with van der Waals surface area (Å²) in [5.41, 5.74) is 3.02. The van der Waals surface area contributed by atoms with Gasteiger partial charge in [-0.05, 0) is 54.8 Å². The van der Waals surface area contributed by atoms with Gasteiger partial charge in [0.25, 0.3) is 0 Å². The Bertz CT molecular complexity index is 631. The minimum absolute atomic E-state index is 0.0174. The molecule has 3 rings (SSSR count). The summed E-state index contributed by atoms with van der Waals surface area (Å²) in [6, 6.07) is 15.4. The first kappa shape index (κ1) is 14.9. The smallest absolute Gasteiger partial charge is 0.228 e. The van der Waals surface area contributed by atoms with Gasteiger partial charge in [0.1, 0.15) is 0 Å². The highest BCUT2D eigenvalue weighted by molar-refractivity contribution is 6.30. The molecular weight excluding hydrogens is 296 g/mol. The number of nitrogens with zero attached hydrogens (tertiary/aromatic N) is 1. The number of halogens is 1. The highest BCUT2D eigenvalue weighted by Gasteiger charge is 2.12. The molecule has 0 saturated carbocycles. The van der Waals surface area contributed by atoms with E-state index in [-0.39, 0.29) is 5.91 Å². The Balaban J connectivity index is 1.57. The second-order valence-corrected chi connectivity index (χ2v) is 6.03. The number of hydrogen-bond acceptors (Lipinski definition) is 2. The predicted molar refractivity (Wildman–Crippen MR) is 91.7 cm³/mol. The van der Waals surface area contributed by atoms with E-state index in [1.807, 2.05) is 24.3 Å². The van der Waals surface area contributed by atoms with Crippen LogP contribution in [0.3, 0.4) is 0 Å². The second kappa shape index (κ2) is 6.84. The third-order valence-corrected chi connectivity index (χ3v) is 4.15. The molecule has 4 heteroatoms. The van der Waals surface area contributed by atoms with E-state index in [1.165, 1.54) is 18.5 Å². The lowest BCUT2D eigenvalue weighted by atomic mass is 10.1. The monoisotopic (exact) mass is 314 g/mol. The van der Waals surface area contributed by atoms with Gasteiger partial charge in [0, 0.05) is 29.5 Å². The van der Waals surface area contributed by atoms with E-state index in [9.17, 15) is 4.79 Å². The van der Waals surface area contributed by atoms with E-state index in [0.717, 1.165) is 24.3 Å². The molecule has 0 bridgehead atoms. The average molecular weight is 315 g/mol. The third-order valence-electron chi connectivity index (χ3n) is 3.90. The quantitative estimate of drug-likeness (QED) is 0.920. The molecule has 2 aromatic rings. The van der Waals surface area contributed by atoms with Crippen LogP contribution < -0.4 is 10.2 Å². The van der Waals surface area contributed by atoms with Gasteiger partial charge in [-0.3, -0.25) is 4.79 Å².